The van der Waals surface area contributed by atoms with E-state index in [1.54, 1.807) is 18.2 Å². The summed E-state index contributed by atoms with van der Waals surface area (Å²) in [7, 11) is 0. The number of rotatable bonds is 2. The molecule has 0 saturated carbocycles. The molecule has 1 atom stereocenters. The topological polar surface area (TPSA) is 46.3 Å². The Kier molecular flexibility index (Phi) is 6.40. The molecule has 2 N–H and O–H groups in total. The van der Waals surface area contributed by atoms with E-state index in [9.17, 15) is 4.79 Å². The van der Waals surface area contributed by atoms with E-state index < -0.39 is 0 Å². The normalized spacial score (nSPS) is 18.9. The van der Waals surface area contributed by atoms with E-state index in [1.807, 2.05) is 4.90 Å². The summed E-state index contributed by atoms with van der Waals surface area (Å²) in [5, 5.41) is 0.967. The maximum Gasteiger partial charge on any atom is 0.255 e. The highest BCUT2D eigenvalue weighted by Crippen LogP contribution is 2.24. The Morgan fingerprint density at radius 1 is 1.42 bits per heavy atom. The molecule has 1 heterocycles. The number of nitrogens with two attached hydrogens (primary N) is 1. The van der Waals surface area contributed by atoms with Crippen LogP contribution < -0.4 is 5.73 Å². The third kappa shape index (κ3) is 3.99. The van der Waals surface area contributed by atoms with Gasteiger partial charge in [-0.15, -0.1) is 12.4 Å². The largest absolute Gasteiger partial charge is 0.338 e. The first-order valence-electron chi connectivity index (χ1n) is 6.06. The number of benzene rings is 1. The number of carbonyl (C=O) groups is 1. The van der Waals surface area contributed by atoms with Crippen molar-refractivity contribution in [2.75, 3.05) is 19.6 Å². The molecule has 1 aromatic carbocycles. The summed E-state index contributed by atoms with van der Waals surface area (Å²) in [6, 6.07) is 4.96. The zero-order valence-electron chi connectivity index (χ0n) is 10.4. The predicted molar refractivity (Wildman–Crippen MR) is 81.4 cm³/mol. The second-order valence-corrected chi connectivity index (χ2v) is 5.46. The van der Waals surface area contributed by atoms with Gasteiger partial charge < -0.3 is 10.6 Å². The smallest absolute Gasteiger partial charge is 0.255 e. The van der Waals surface area contributed by atoms with Crippen molar-refractivity contribution >= 4 is 41.5 Å². The van der Waals surface area contributed by atoms with Crippen molar-refractivity contribution in [1.82, 2.24) is 4.90 Å². The van der Waals surface area contributed by atoms with Gasteiger partial charge in [-0.3, -0.25) is 4.79 Å². The quantitative estimate of drug-likeness (QED) is 0.908. The third-order valence-corrected chi connectivity index (χ3v) is 3.86. The molecule has 1 amide bonds. The van der Waals surface area contributed by atoms with Gasteiger partial charge in [0.05, 0.1) is 10.6 Å². The summed E-state index contributed by atoms with van der Waals surface area (Å²) in [5.41, 5.74) is 6.15. The molecule has 106 valence electrons. The zero-order valence-corrected chi connectivity index (χ0v) is 12.8. The molecule has 1 aliphatic rings. The lowest BCUT2D eigenvalue weighted by atomic mass is 9.97. The van der Waals surface area contributed by atoms with Crippen molar-refractivity contribution in [2.45, 2.75) is 12.8 Å². The molecule has 1 aromatic rings. The van der Waals surface area contributed by atoms with Gasteiger partial charge in [0.1, 0.15) is 0 Å². The summed E-state index contributed by atoms with van der Waals surface area (Å²) in [6.45, 7) is 2.09. The first-order valence-corrected chi connectivity index (χ1v) is 6.82. The molecule has 0 aliphatic carbocycles. The van der Waals surface area contributed by atoms with Crippen LogP contribution in [0.2, 0.25) is 10.0 Å². The van der Waals surface area contributed by atoms with Crippen molar-refractivity contribution in [2.24, 2.45) is 11.7 Å². The van der Waals surface area contributed by atoms with Gasteiger partial charge in [-0.05, 0) is 43.5 Å². The van der Waals surface area contributed by atoms with Gasteiger partial charge in [-0.25, -0.2) is 0 Å². The van der Waals surface area contributed by atoms with Gasteiger partial charge in [-0.2, -0.15) is 0 Å². The van der Waals surface area contributed by atoms with Crippen molar-refractivity contribution in [3.63, 3.8) is 0 Å². The summed E-state index contributed by atoms with van der Waals surface area (Å²) < 4.78 is 0. The summed E-state index contributed by atoms with van der Waals surface area (Å²) in [6.07, 6.45) is 2.08. The first-order chi connectivity index (χ1) is 8.61. The monoisotopic (exact) mass is 322 g/mol. The number of nitrogens with zero attached hydrogens (tertiary/aromatic N) is 1. The maximum absolute atomic E-state index is 12.4. The highest BCUT2D eigenvalue weighted by molar-refractivity contribution is 6.35. The van der Waals surface area contributed by atoms with Crippen molar-refractivity contribution in [1.29, 1.82) is 0 Å². The van der Waals surface area contributed by atoms with Gasteiger partial charge in [-0.1, -0.05) is 23.2 Å². The predicted octanol–water partition coefficient (Wildman–Crippen LogP) is 3.23. The number of piperidine rings is 1. The van der Waals surface area contributed by atoms with Gasteiger partial charge in [0.2, 0.25) is 0 Å². The Morgan fingerprint density at radius 2 is 2.16 bits per heavy atom. The molecule has 1 saturated heterocycles. The van der Waals surface area contributed by atoms with Gasteiger partial charge in [0.15, 0.2) is 0 Å². The Morgan fingerprint density at radius 3 is 2.84 bits per heavy atom. The minimum absolute atomic E-state index is 0. The molecule has 0 spiro atoms. The van der Waals surface area contributed by atoms with Crippen molar-refractivity contribution in [3.8, 4) is 0 Å². The van der Waals surface area contributed by atoms with E-state index in [4.69, 9.17) is 28.9 Å². The molecule has 0 aromatic heterocycles. The van der Waals surface area contributed by atoms with E-state index in [0.717, 1.165) is 19.4 Å². The molecule has 19 heavy (non-hydrogen) atoms. The third-order valence-electron chi connectivity index (χ3n) is 3.30. The fraction of sp³-hybridized carbons (Fsp3) is 0.462. The second kappa shape index (κ2) is 7.34. The van der Waals surface area contributed by atoms with Crippen LogP contribution in [-0.2, 0) is 0 Å². The van der Waals surface area contributed by atoms with Gasteiger partial charge in [0, 0.05) is 18.1 Å². The van der Waals surface area contributed by atoms with Gasteiger partial charge in [0.25, 0.3) is 5.91 Å². The fourth-order valence-corrected chi connectivity index (χ4v) is 2.64. The van der Waals surface area contributed by atoms with Crippen molar-refractivity contribution in [3.05, 3.63) is 33.8 Å². The van der Waals surface area contributed by atoms with Crippen LogP contribution in [0, 0.1) is 5.92 Å². The standard InChI is InChI=1S/C13H16Cl2N2O.ClH/c14-10-3-4-12(15)11(6-10)13(18)17-5-1-2-9(7-16)8-17;/h3-4,6,9H,1-2,5,7-8,16H2;1H. The second-order valence-electron chi connectivity index (χ2n) is 4.62. The SMILES string of the molecule is Cl.NCC1CCCN(C(=O)c2cc(Cl)ccc2Cl)C1. The number of carbonyl (C=O) groups excluding carboxylic acids is 1. The molecule has 0 radical (unpaired) electrons. The van der Waals surface area contributed by atoms with Gasteiger partial charge >= 0.3 is 0 Å². The number of likely N-dealkylation sites (tertiary alicyclic amines) is 1. The Bertz CT molecular complexity index is 454. The molecular weight excluding hydrogens is 307 g/mol. The molecular formula is C13H17Cl3N2O. The fourth-order valence-electron chi connectivity index (χ4n) is 2.27. The molecule has 2 rings (SSSR count). The Balaban J connectivity index is 0.00000180. The van der Waals surface area contributed by atoms with E-state index >= 15 is 0 Å². The maximum atomic E-state index is 12.4. The highest BCUT2D eigenvalue weighted by atomic mass is 35.5. The molecule has 1 aliphatic heterocycles. The molecule has 0 bridgehead atoms. The van der Waals surface area contributed by atoms with Crippen LogP contribution in [0.3, 0.4) is 0 Å². The van der Waals surface area contributed by atoms with Crippen LogP contribution >= 0.6 is 35.6 Å². The number of halogens is 3. The first kappa shape index (κ1) is 16.6. The number of amides is 1. The Labute approximate surface area is 129 Å². The minimum atomic E-state index is -0.0550. The molecule has 1 fully saturated rings. The van der Waals surface area contributed by atoms with Crippen LogP contribution in [0.4, 0.5) is 0 Å². The van der Waals surface area contributed by atoms with E-state index in [0.29, 0.717) is 34.6 Å². The summed E-state index contributed by atoms with van der Waals surface area (Å²) in [5.74, 6) is 0.335. The van der Waals surface area contributed by atoms with Crippen LogP contribution in [0.15, 0.2) is 18.2 Å². The Hall–Kier alpha value is -0.480. The van der Waals surface area contributed by atoms with Crippen LogP contribution in [0.25, 0.3) is 0 Å². The summed E-state index contributed by atoms with van der Waals surface area (Å²) in [4.78, 5) is 14.2. The highest BCUT2D eigenvalue weighted by Gasteiger charge is 2.25. The lowest BCUT2D eigenvalue weighted by molar-refractivity contribution is 0.0678. The van der Waals surface area contributed by atoms with E-state index in [1.165, 1.54) is 0 Å². The molecule has 1 unspecified atom stereocenters. The van der Waals surface area contributed by atoms with Crippen LogP contribution in [-0.4, -0.2) is 30.4 Å². The zero-order chi connectivity index (χ0) is 13.1. The molecule has 6 heteroatoms. The average Bonchev–Trinajstić information content (AvgIpc) is 2.41. The van der Waals surface area contributed by atoms with Crippen LogP contribution in [0.1, 0.15) is 23.2 Å². The number of hydrogen-bond donors (Lipinski definition) is 1. The lowest BCUT2D eigenvalue weighted by Crippen LogP contribution is -2.42. The average molecular weight is 324 g/mol. The van der Waals surface area contributed by atoms with Crippen molar-refractivity contribution < 1.29 is 4.79 Å². The minimum Gasteiger partial charge on any atom is -0.338 e. The van der Waals surface area contributed by atoms with Crippen LogP contribution in [0.5, 0.6) is 0 Å². The van der Waals surface area contributed by atoms with E-state index in [-0.39, 0.29) is 18.3 Å². The summed E-state index contributed by atoms with van der Waals surface area (Å²) >= 11 is 12.0. The molecule has 3 nitrogen and oxygen atoms in total. The lowest BCUT2D eigenvalue weighted by Gasteiger charge is -2.32. The number of hydrogen-bond acceptors (Lipinski definition) is 2. The van der Waals surface area contributed by atoms with E-state index in [2.05, 4.69) is 0 Å².